The predicted octanol–water partition coefficient (Wildman–Crippen LogP) is 7.23. The van der Waals surface area contributed by atoms with Crippen molar-refractivity contribution < 1.29 is 0 Å². The van der Waals surface area contributed by atoms with Crippen LogP contribution in [0.3, 0.4) is 0 Å². The van der Waals surface area contributed by atoms with Gasteiger partial charge in [-0.2, -0.15) is 0 Å². The molecule has 0 heterocycles. The van der Waals surface area contributed by atoms with Crippen molar-refractivity contribution in [3.8, 4) is 0 Å². The van der Waals surface area contributed by atoms with Gasteiger partial charge in [-0.05, 0) is 71.3 Å². The summed E-state index contributed by atoms with van der Waals surface area (Å²) in [6.45, 7) is 16.0. The van der Waals surface area contributed by atoms with Gasteiger partial charge in [0.25, 0.3) is 0 Å². The molecular formula is C23H42Si. The monoisotopic (exact) mass is 346 g/mol. The lowest BCUT2D eigenvalue weighted by molar-refractivity contribution is 0.155. The molecule has 4 aliphatic rings. The van der Waals surface area contributed by atoms with E-state index in [2.05, 4.69) is 40.8 Å². The summed E-state index contributed by atoms with van der Waals surface area (Å²) in [4.78, 5) is 0. The van der Waals surface area contributed by atoms with Gasteiger partial charge in [0.1, 0.15) is 0 Å². The van der Waals surface area contributed by atoms with E-state index in [0.717, 1.165) is 58.4 Å². The van der Waals surface area contributed by atoms with Crippen molar-refractivity contribution in [3.05, 3.63) is 0 Å². The number of fused-ring (bicyclic) bond motifs is 2. The van der Waals surface area contributed by atoms with Crippen LogP contribution in [0.25, 0.3) is 0 Å². The van der Waals surface area contributed by atoms with Crippen molar-refractivity contribution in [2.24, 2.45) is 47.3 Å². The zero-order valence-corrected chi connectivity index (χ0v) is 18.2. The fourth-order valence-electron chi connectivity index (χ4n) is 8.89. The molecule has 0 nitrogen and oxygen atoms in total. The second-order valence-electron chi connectivity index (χ2n) is 11.3. The van der Waals surface area contributed by atoms with Crippen LogP contribution in [0.1, 0.15) is 72.6 Å². The highest BCUT2D eigenvalue weighted by molar-refractivity contribution is 6.80. The highest BCUT2D eigenvalue weighted by atomic mass is 28.3. The summed E-state index contributed by atoms with van der Waals surface area (Å²) in [6, 6.07) is 0. The molecule has 0 aromatic rings. The second-order valence-corrected chi connectivity index (χ2v) is 16.4. The van der Waals surface area contributed by atoms with Crippen molar-refractivity contribution in [2.45, 2.75) is 96.8 Å². The first kappa shape index (κ1) is 17.6. The van der Waals surface area contributed by atoms with E-state index in [0.29, 0.717) is 0 Å². The van der Waals surface area contributed by atoms with Crippen LogP contribution in [0.5, 0.6) is 0 Å². The first-order chi connectivity index (χ1) is 11.3. The van der Waals surface area contributed by atoms with Crippen molar-refractivity contribution in [1.29, 1.82) is 0 Å². The van der Waals surface area contributed by atoms with Gasteiger partial charge in [0.2, 0.25) is 0 Å². The molecule has 0 aliphatic heterocycles. The van der Waals surface area contributed by atoms with Gasteiger partial charge in [0.05, 0.1) is 8.07 Å². The van der Waals surface area contributed by atoms with Gasteiger partial charge in [-0.25, -0.2) is 0 Å². The molecule has 0 spiro atoms. The molecule has 4 rings (SSSR count). The van der Waals surface area contributed by atoms with Gasteiger partial charge in [-0.3, -0.25) is 0 Å². The van der Waals surface area contributed by atoms with Gasteiger partial charge >= 0.3 is 0 Å². The maximum Gasteiger partial charge on any atom is 0.0544 e. The molecule has 24 heavy (non-hydrogen) atoms. The van der Waals surface area contributed by atoms with E-state index in [1.54, 1.807) is 44.9 Å². The molecule has 0 bridgehead atoms. The minimum atomic E-state index is -1.20. The summed E-state index contributed by atoms with van der Waals surface area (Å²) >= 11 is 0. The van der Waals surface area contributed by atoms with Crippen LogP contribution in [0.2, 0.25) is 24.2 Å². The van der Waals surface area contributed by atoms with E-state index in [9.17, 15) is 0 Å². The lowest BCUT2D eigenvalue weighted by Crippen LogP contribution is -2.45. The molecule has 9 unspecified atom stereocenters. The molecule has 0 radical (unpaired) electrons. The number of hydrogen-bond donors (Lipinski definition) is 0. The van der Waals surface area contributed by atoms with Gasteiger partial charge in [-0.1, -0.05) is 72.9 Å². The maximum absolute atomic E-state index is 2.82. The first-order valence-corrected chi connectivity index (χ1v) is 14.5. The van der Waals surface area contributed by atoms with Crippen molar-refractivity contribution in [3.63, 3.8) is 0 Å². The summed E-state index contributed by atoms with van der Waals surface area (Å²) in [5.74, 6) is 8.36. The molecule has 4 fully saturated rings. The van der Waals surface area contributed by atoms with Gasteiger partial charge < -0.3 is 0 Å². The maximum atomic E-state index is 2.82. The molecule has 0 aromatic carbocycles. The van der Waals surface area contributed by atoms with Gasteiger partial charge in [-0.15, -0.1) is 0 Å². The van der Waals surface area contributed by atoms with E-state index < -0.39 is 8.07 Å². The Hall–Kier alpha value is 0.217. The molecule has 138 valence electrons. The van der Waals surface area contributed by atoms with Gasteiger partial charge in [0.15, 0.2) is 0 Å². The van der Waals surface area contributed by atoms with Crippen LogP contribution in [0, 0.1) is 47.3 Å². The Morgan fingerprint density at radius 2 is 1.21 bits per heavy atom. The topological polar surface area (TPSA) is 0 Å². The average Bonchev–Trinajstić information content (AvgIpc) is 3.20. The van der Waals surface area contributed by atoms with Crippen molar-refractivity contribution >= 4 is 8.07 Å². The predicted molar refractivity (Wildman–Crippen MR) is 108 cm³/mol. The Morgan fingerprint density at radius 1 is 0.625 bits per heavy atom. The summed E-state index contributed by atoms with van der Waals surface area (Å²) < 4.78 is 0. The Bertz CT molecular complexity index is 455. The molecule has 4 aliphatic carbocycles. The van der Waals surface area contributed by atoms with E-state index >= 15 is 0 Å². The van der Waals surface area contributed by atoms with Crippen LogP contribution in [0.4, 0.5) is 0 Å². The molecular weight excluding hydrogens is 304 g/mol. The Labute approximate surface area is 152 Å². The third kappa shape index (κ3) is 2.50. The van der Waals surface area contributed by atoms with Crippen LogP contribution >= 0.6 is 0 Å². The molecule has 0 aromatic heterocycles. The van der Waals surface area contributed by atoms with E-state index in [4.69, 9.17) is 0 Å². The summed E-state index contributed by atoms with van der Waals surface area (Å²) in [5, 5.41) is 0. The van der Waals surface area contributed by atoms with E-state index in [1.807, 2.05) is 0 Å². The quantitative estimate of drug-likeness (QED) is 0.463. The van der Waals surface area contributed by atoms with Crippen molar-refractivity contribution in [1.82, 2.24) is 0 Å². The van der Waals surface area contributed by atoms with Gasteiger partial charge in [0, 0.05) is 0 Å². The number of rotatable bonds is 2. The van der Waals surface area contributed by atoms with Crippen LogP contribution in [-0.2, 0) is 0 Å². The minimum absolute atomic E-state index is 0.944. The molecule has 0 amide bonds. The molecule has 0 saturated heterocycles. The SMILES string of the molecule is CC1C(C)C(C)C([Si](C)(C)C2CCC3CC4CCCC4CC32)C1C. The summed E-state index contributed by atoms with van der Waals surface area (Å²) in [6.07, 6.45) is 11.2. The fourth-order valence-corrected chi connectivity index (χ4v) is 15.1. The Kier molecular flexibility index (Phi) is 4.51. The highest BCUT2D eigenvalue weighted by Crippen LogP contribution is 2.64. The molecule has 9 atom stereocenters. The Balaban J connectivity index is 1.56. The van der Waals surface area contributed by atoms with Crippen LogP contribution < -0.4 is 0 Å². The first-order valence-electron chi connectivity index (χ1n) is 11.3. The van der Waals surface area contributed by atoms with Crippen LogP contribution in [0.15, 0.2) is 0 Å². The van der Waals surface area contributed by atoms with E-state index in [1.165, 1.54) is 0 Å². The fraction of sp³-hybridized carbons (Fsp3) is 1.00. The molecule has 0 N–H and O–H groups in total. The lowest BCUT2D eigenvalue weighted by atomic mass is 9.71. The summed E-state index contributed by atoms with van der Waals surface area (Å²) in [5.41, 5.74) is 2.23. The second kappa shape index (κ2) is 6.14. The third-order valence-electron chi connectivity index (χ3n) is 10.4. The standard InChI is InChI=1S/C23H42Si/c1-14-15(2)17(4)23(16(14)3)24(5,6)22-11-10-20-12-18-8-7-9-19(18)13-21(20)22/h14-23H,7-13H2,1-6H3. The third-order valence-corrected chi connectivity index (χ3v) is 15.8. The smallest absolute Gasteiger partial charge is 0.0544 e. The average molecular weight is 347 g/mol. The molecule has 4 saturated carbocycles. The number of hydrogen-bond acceptors (Lipinski definition) is 0. The molecule has 1 heteroatoms. The van der Waals surface area contributed by atoms with E-state index in [-0.39, 0.29) is 0 Å². The zero-order valence-electron chi connectivity index (χ0n) is 17.2. The largest absolute Gasteiger partial charge is 0.0689 e. The normalized spacial score (nSPS) is 54.8. The zero-order chi connectivity index (χ0) is 17.2. The Morgan fingerprint density at radius 3 is 1.83 bits per heavy atom. The van der Waals surface area contributed by atoms with Crippen LogP contribution in [-0.4, -0.2) is 8.07 Å². The highest BCUT2D eigenvalue weighted by Gasteiger charge is 2.56. The summed E-state index contributed by atoms with van der Waals surface area (Å²) in [7, 11) is -1.20. The van der Waals surface area contributed by atoms with Crippen molar-refractivity contribution in [2.75, 3.05) is 0 Å². The lowest BCUT2D eigenvalue weighted by Gasteiger charge is -2.46. The minimum Gasteiger partial charge on any atom is -0.0689 e.